The van der Waals surface area contributed by atoms with Gasteiger partial charge in [0.2, 0.25) is 5.91 Å². The smallest absolute Gasteiger partial charge is 0.302 e. The number of hydrogen-bond acceptors (Lipinski definition) is 5. The van der Waals surface area contributed by atoms with Crippen molar-refractivity contribution in [2.24, 2.45) is 0 Å². The molecule has 6 nitrogen and oxygen atoms in total. The van der Waals surface area contributed by atoms with Gasteiger partial charge in [0.15, 0.2) is 0 Å². The minimum absolute atomic E-state index is 0.127. The summed E-state index contributed by atoms with van der Waals surface area (Å²) in [5.41, 5.74) is 1.52. The van der Waals surface area contributed by atoms with E-state index < -0.39 is 11.9 Å². The first-order valence-corrected chi connectivity index (χ1v) is 6.52. The van der Waals surface area contributed by atoms with Crippen LogP contribution in [-0.4, -0.2) is 31.1 Å². The van der Waals surface area contributed by atoms with E-state index in [0.717, 1.165) is 5.56 Å². The average Bonchev–Trinajstić information content (AvgIpc) is 2.39. The molecule has 21 heavy (non-hydrogen) atoms. The van der Waals surface area contributed by atoms with Crippen molar-refractivity contribution in [1.82, 2.24) is 0 Å². The zero-order chi connectivity index (χ0) is 15.8. The molecule has 0 fully saturated rings. The number of amides is 1. The number of carbonyl (C=O) groups is 3. The standard InChI is InChI=1S/C15H19NO5/c1-10(17)16-15-6-4-13(5-7-15)14(8-20-11(2)18)9-21-12(3)19/h4-7,14H,8-9H2,1-3H3,(H,16,17). The van der Waals surface area contributed by atoms with Crippen LogP contribution in [0.4, 0.5) is 5.69 Å². The molecule has 0 spiro atoms. The molecule has 0 aliphatic rings. The molecule has 114 valence electrons. The molecule has 1 aromatic carbocycles. The van der Waals surface area contributed by atoms with Crippen molar-refractivity contribution in [3.63, 3.8) is 0 Å². The summed E-state index contributed by atoms with van der Waals surface area (Å²) in [6.45, 7) is 4.33. The Bertz CT molecular complexity index is 491. The molecule has 6 heteroatoms. The Morgan fingerprint density at radius 1 is 0.952 bits per heavy atom. The van der Waals surface area contributed by atoms with Gasteiger partial charge >= 0.3 is 11.9 Å². The lowest BCUT2D eigenvalue weighted by atomic mass is 10.0. The highest BCUT2D eigenvalue weighted by molar-refractivity contribution is 5.88. The van der Waals surface area contributed by atoms with E-state index in [-0.39, 0.29) is 25.0 Å². The summed E-state index contributed by atoms with van der Waals surface area (Å²) in [5.74, 6) is -1.18. The van der Waals surface area contributed by atoms with Gasteiger partial charge in [-0.25, -0.2) is 0 Å². The van der Waals surface area contributed by atoms with E-state index in [1.54, 1.807) is 24.3 Å². The maximum Gasteiger partial charge on any atom is 0.302 e. The Balaban J connectivity index is 2.77. The maximum atomic E-state index is 11.0. The lowest BCUT2D eigenvalue weighted by Crippen LogP contribution is -2.18. The second kappa shape index (κ2) is 8.04. The van der Waals surface area contributed by atoms with Crippen LogP contribution in [0.2, 0.25) is 0 Å². The highest BCUT2D eigenvalue weighted by atomic mass is 16.5. The lowest BCUT2D eigenvalue weighted by Gasteiger charge is -2.17. The van der Waals surface area contributed by atoms with Crippen molar-refractivity contribution in [2.45, 2.75) is 26.7 Å². The molecule has 0 bridgehead atoms. The van der Waals surface area contributed by atoms with Gasteiger partial charge in [0.1, 0.15) is 13.2 Å². The number of carbonyl (C=O) groups excluding carboxylic acids is 3. The second-order valence-electron chi connectivity index (χ2n) is 4.61. The van der Waals surface area contributed by atoms with Gasteiger partial charge in [-0.3, -0.25) is 14.4 Å². The van der Waals surface area contributed by atoms with Crippen LogP contribution in [0.3, 0.4) is 0 Å². The molecule has 0 saturated heterocycles. The number of hydrogen-bond donors (Lipinski definition) is 1. The van der Waals surface area contributed by atoms with Crippen molar-refractivity contribution >= 4 is 23.5 Å². The molecule has 0 saturated carbocycles. The molecule has 0 unspecified atom stereocenters. The van der Waals surface area contributed by atoms with Gasteiger partial charge < -0.3 is 14.8 Å². The molecular formula is C15H19NO5. The molecule has 0 aliphatic heterocycles. The Labute approximate surface area is 123 Å². The van der Waals surface area contributed by atoms with Crippen LogP contribution < -0.4 is 5.32 Å². The average molecular weight is 293 g/mol. The summed E-state index contributed by atoms with van der Waals surface area (Å²) in [7, 11) is 0. The van der Waals surface area contributed by atoms with Crippen molar-refractivity contribution in [2.75, 3.05) is 18.5 Å². The summed E-state index contributed by atoms with van der Waals surface area (Å²) in [6.07, 6.45) is 0. The van der Waals surface area contributed by atoms with Gasteiger partial charge in [0.05, 0.1) is 5.92 Å². The van der Waals surface area contributed by atoms with E-state index >= 15 is 0 Å². The highest BCUT2D eigenvalue weighted by Gasteiger charge is 2.15. The first-order valence-electron chi connectivity index (χ1n) is 6.52. The monoisotopic (exact) mass is 293 g/mol. The number of esters is 2. The molecule has 1 N–H and O–H groups in total. The van der Waals surface area contributed by atoms with Crippen molar-refractivity contribution < 1.29 is 23.9 Å². The Morgan fingerprint density at radius 2 is 1.43 bits per heavy atom. The summed E-state index contributed by atoms with van der Waals surface area (Å²) in [4.78, 5) is 32.8. The van der Waals surface area contributed by atoms with E-state index in [4.69, 9.17) is 9.47 Å². The SMILES string of the molecule is CC(=O)Nc1ccc(C(COC(C)=O)COC(C)=O)cc1. The lowest BCUT2D eigenvalue weighted by molar-refractivity contribution is -0.144. The van der Waals surface area contributed by atoms with Gasteiger partial charge in [0.25, 0.3) is 0 Å². The summed E-state index contributed by atoms with van der Waals surface area (Å²) in [6, 6.07) is 7.07. The van der Waals surface area contributed by atoms with Gasteiger partial charge in [-0.05, 0) is 17.7 Å². The molecule has 0 heterocycles. The van der Waals surface area contributed by atoms with Crippen LogP contribution in [0.5, 0.6) is 0 Å². The van der Waals surface area contributed by atoms with Crippen LogP contribution in [0.15, 0.2) is 24.3 Å². The first-order chi connectivity index (χ1) is 9.88. The molecule has 0 atom stereocenters. The zero-order valence-electron chi connectivity index (χ0n) is 12.3. The minimum Gasteiger partial charge on any atom is -0.465 e. The second-order valence-corrected chi connectivity index (χ2v) is 4.61. The third-order valence-corrected chi connectivity index (χ3v) is 2.68. The van der Waals surface area contributed by atoms with Crippen molar-refractivity contribution in [1.29, 1.82) is 0 Å². The predicted octanol–water partition coefficient (Wildman–Crippen LogP) is 1.85. The Morgan fingerprint density at radius 3 is 1.81 bits per heavy atom. The number of anilines is 1. The van der Waals surface area contributed by atoms with Crippen LogP contribution in [-0.2, 0) is 23.9 Å². The van der Waals surface area contributed by atoms with E-state index in [1.807, 2.05) is 0 Å². The van der Waals surface area contributed by atoms with Crippen LogP contribution in [0, 0.1) is 0 Å². The summed E-state index contributed by atoms with van der Waals surface area (Å²) in [5, 5.41) is 2.66. The first kappa shape index (κ1) is 16.7. The van der Waals surface area contributed by atoms with E-state index in [2.05, 4.69) is 5.32 Å². The maximum absolute atomic E-state index is 11.0. The molecule has 0 aromatic heterocycles. The largest absolute Gasteiger partial charge is 0.465 e. The van der Waals surface area contributed by atoms with E-state index in [0.29, 0.717) is 5.69 Å². The fourth-order valence-corrected chi connectivity index (χ4v) is 1.72. The number of nitrogens with one attached hydrogen (secondary N) is 1. The van der Waals surface area contributed by atoms with Gasteiger partial charge in [-0.2, -0.15) is 0 Å². The zero-order valence-corrected chi connectivity index (χ0v) is 12.3. The number of rotatable bonds is 6. The molecule has 1 aromatic rings. The molecule has 1 amide bonds. The Hall–Kier alpha value is -2.37. The van der Waals surface area contributed by atoms with Gasteiger partial charge in [-0.15, -0.1) is 0 Å². The van der Waals surface area contributed by atoms with Crippen LogP contribution in [0.25, 0.3) is 0 Å². The normalized spacial score (nSPS) is 10.1. The van der Waals surface area contributed by atoms with Crippen LogP contribution >= 0.6 is 0 Å². The van der Waals surface area contributed by atoms with Gasteiger partial charge in [-0.1, -0.05) is 12.1 Å². The number of benzene rings is 1. The summed E-state index contributed by atoms with van der Waals surface area (Å²) < 4.78 is 9.97. The predicted molar refractivity (Wildman–Crippen MR) is 76.8 cm³/mol. The van der Waals surface area contributed by atoms with E-state index in [1.165, 1.54) is 20.8 Å². The molecular weight excluding hydrogens is 274 g/mol. The third-order valence-electron chi connectivity index (χ3n) is 2.68. The fourth-order valence-electron chi connectivity index (χ4n) is 1.72. The summed E-state index contributed by atoms with van der Waals surface area (Å²) >= 11 is 0. The highest BCUT2D eigenvalue weighted by Crippen LogP contribution is 2.20. The molecule has 0 radical (unpaired) electrons. The number of ether oxygens (including phenoxy) is 2. The Kier molecular flexibility index (Phi) is 6.39. The van der Waals surface area contributed by atoms with Crippen molar-refractivity contribution in [3.05, 3.63) is 29.8 Å². The third kappa shape index (κ3) is 6.56. The molecule has 0 aliphatic carbocycles. The van der Waals surface area contributed by atoms with E-state index in [9.17, 15) is 14.4 Å². The van der Waals surface area contributed by atoms with Crippen LogP contribution in [0.1, 0.15) is 32.3 Å². The van der Waals surface area contributed by atoms with Crippen molar-refractivity contribution in [3.8, 4) is 0 Å². The fraction of sp³-hybridized carbons (Fsp3) is 0.400. The van der Waals surface area contributed by atoms with Gasteiger partial charge in [0, 0.05) is 26.5 Å². The quantitative estimate of drug-likeness (QED) is 0.809. The molecule has 1 rings (SSSR count). The minimum atomic E-state index is -0.391. The topological polar surface area (TPSA) is 81.7 Å².